The molecule has 0 spiro atoms. The molecule has 0 unspecified atom stereocenters. The van der Waals surface area contributed by atoms with E-state index in [1.54, 1.807) is 11.0 Å². The van der Waals surface area contributed by atoms with Gasteiger partial charge in [-0.2, -0.15) is 5.10 Å². The second-order valence-electron chi connectivity index (χ2n) is 9.35. The maximum absolute atomic E-state index is 12.8. The Hall–Kier alpha value is -4.24. The predicted molar refractivity (Wildman–Crippen MR) is 147 cm³/mol. The molecule has 2 aromatic heterocycles. The number of benzene rings is 2. The Bertz CT molecular complexity index is 1360. The van der Waals surface area contributed by atoms with Crippen molar-refractivity contribution in [2.75, 3.05) is 54.9 Å². The quantitative estimate of drug-likeness (QED) is 0.418. The van der Waals surface area contributed by atoms with Crippen LogP contribution in [0.15, 0.2) is 73.1 Å². The molecule has 1 amide bonds. The Morgan fingerprint density at radius 1 is 0.973 bits per heavy atom. The summed E-state index contributed by atoms with van der Waals surface area (Å²) in [5.41, 5.74) is 4.15. The standard InChI is InChI=1S/C28H32N8O/c1-21-8-7-11-23(16-21)33(2)25-18-26(30-20-29-25)36-14-12-35(13-15-36)19-28(37)31-27-17-24(32-34(27)3)22-9-5-4-6-10-22/h4-11,16-18,20H,12-15,19H2,1-3H3,(H,31,37). The lowest BCUT2D eigenvalue weighted by Gasteiger charge is -2.35. The number of nitrogens with one attached hydrogen (secondary N) is 1. The fourth-order valence-electron chi connectivity index (χ4n) is 4.52. The Morgan fingerprint density at radius 2 is 1.76 bits per heavy atom. The second kappa shape index (κ2) is 10.8. The molecule has 0 atom stereocenters. The zero-order valence-corrected chi connectivity index (χ0v) is 21.5. The predicted octanol–water partition coefficient (Wildman–Crippen LogP) is 3.71. The van der Waals surface area contributed by atoms with Crippen molar-refractivity contribution in [1.82, 2.24) is 24.6 Å². The Labute approximate surface area is 217 Å². The van der Waals surface area contributed by atoms with Gasteiger partial charge in [-0.25, -0.2) is 9.97 Å². The van der Waals surface area contributed by atoms with Gasteiger partial charge < -0.3 is 15.1 Å². The van der Waals surface area contributed by atoms with E-state index in [1.807, 2.05) is 56.6 Å². The molecule has 190 valence electrons. The van der Waals surface area contributed by atoms with Gasteiger partial charge in [0.15, 0.2) is 0 Å². The van der Waals surface area contributed by atoms with Crippen molar-refractivity contribution in [2.45, 2.75) is 6.92 Å². The molecule has 1 N–H and O–H groups in total. The van der Waals surface area contributed by atoms with E-state index in [-0.39, 0.29) is 5.91 Å². The minimum atomic E-state index is -0.0415. The number of hydrogen-bond donors (Lipinski definition) is 1. The van der Waals surface area contributed by atoms with Gasteiger partial charge in [-0.15, -0.1) is 0 Å². The average Bonchev–Trinajstić information content (AvgIpc) is 3.29. The zero-order chi connectivity index (χ0) is 25.8. The van der Waals surface area contributed by atoms with Crippen LogP contribution in [0.5, 0.6) is 0 Å². The first-order valence-corrected chi connectivity index (χ1v) is 12.5. The lowest BCUT2D eigenvalue weighted by atomic mass is 10.2. The van der Waals surface area contributed by atoms with E-state index in [4.69, 9.17) is 0 Å². The summed E-state index contributed by atoms with van der Waals surface area (Å²) >= 11 is 0. The summed E-state index contributed by atoms with van der Waals surface area (Å²) in [6.45, 7) is 5.57. The minimum Gasteiger partial charge on any atom is -0.354 e. The molecule has 0 aliphatic carbocycles. The molecule has 0 radical (unpaired) electrons. The lowest BCUT2D eigenvalue weighted by Crippen LogP contribution is -2.49. The number of anilines is 4. The van der Waals surface area contributed by atoms with E-state index in [1.165, 1.54) is 5.56 Å². The third-order valence-corrected chi connectivity index (χ3v) is 6.65. The van der Waals surface area contributed by atoms with Crippen LogP contribution in [0.4, 0.5) is 23.1 Å². The summed E-state index contributed by atoms with van der Waals surface area (Å²) in [6, 6.07) is 22.2. The number of carbonyl (C=O) groups is 1. The zero-order valence-electron chi connectivity index (χ0n) is 21.5. The molecule has 3 heterocycles. The maximum Gasteiger partial charge on any atom is 0.239 e. The summed E-state index contributed by atoms with van der Waals surface area (Å²) in [5.74, 6) is 2.40. The monoisotopic (exact) mass is 496 g/mol. The average molecular weight is 497 g/mol. The highest BCUT2D eigenvalue weighted by Gasteiger charge is 2.21. The third-order valence-electron chi connectivity index (χ3n) is 6.65. The van der Waals surface area contributed by atoms with Gasteiger partial charge in [-0.3, -0.25) is 14.4 Å². The number of nitrogens with zero attached hydrogens (tertiary/aromatic N) is 7. The van der Waals surface area contributed by atoms with Crippen molar-refractivity contribution in [3.63, 3.8) is 0 Å². The first-order valence-electron chi connectivity index (χ1n) is 12.5. The molecule has 5 rings (SSSR count). The molecule has 4 aromatic rings. The number of carbonyl (C=O) groups excluding carboxylic acids is 1. The Kier molecular flexibility index (Phi) is 7.14. The largest absolute Gasteiger partial charge is 0.354 e. The van der Waals surface area contributed by atoms with E-state index < -0.39 is 0 Å². The van der Waals surface area contributed by atoms with Crippen LogP contribution < -0.4 is 15.1 Å². The third kappa shape index (κ3) is 5.78. The number of amides is 1. The molecule has 9 heteroatoms. The Balaban J connectivity index is 1.16. The van der Waals surface area contributed by atoms with Gasteiger partial charge in [0.05, 0.1) is 12.2 Å². The van der Waals surface area contributed by atoms with Crippen molar-refractivity contribution >= 4 is 29.0 Å². The molecule has 0 saturated carbocycles. The lowest BCUT2D eigenvalue weighted by molar-refractivity contribution is -0.117. The van der Waals surface area contributed by atoms with Crippen LogP contribution in [0, 0.1) is 6.92 Å². The number of rotatable bonds is 7. The van der Waals surface area contributed by atoms with Gasteiger partial charge >= 0.3 is 0 Å². The summed E-state index contributed by atoms with van der Waals surface area (Å²) in [4.78, 5) is 28.3. The molecular weight excluding hydrogens is 464 g/mol. The fraction of sp³-hybridized carbons (Fsp3) is 0.286. The van der Waals surface area contributed by atoms with Crippen LogP contribution in [-0.2, 0) is 11.8 Å². The fourth-order valence-corrected chi connectivity index (χ4v) is 4.52. The van der Waals surface area contributed by atoms with Crippen molar-refractivity contribution in [2.24, 2.45) is 7.05 Å². The summed E-state index contributed by atoms with van der Waals surface area (Å²) in [6.07, 6.45) is 1.62. The van der Waals surface area contributed by atoms with Gasteiger partial charge in [-0.05, 0) is 24.6 Å². The van der Waals surface area contributed by atoms with Crippen LogP contribution in [0.25, 0.3) is 11.3 Å². The van der Waals surface area contributed by atoms with Gasteiger partial charge in [0.25, 0.3) is 0 Å². The highest BCUT2D eigenvalue weighted by atomic mass is 16.2. The molecule has 1 saturated heterocycles. The maximum atomic E-state index is 12.8. The van der Waals surface area contributed by atoms with E-state index in [9.17, 15) is 4.79 Å². The Morgan fingerprint density at radius 3 is 2.51 bits per heavy atom. The summed E-state index contributed by atoms with van der Waals surface area (Å²) < 4.78 is 1.71. The number of aryl methyl sites for hydroxylation is 2. The second-order valence-corrected chi connectivity index (χ2v) is 9.35. The first kappa shape index (κ1) is 24.5. The molecule has 1 aliphatic heterocycles. The molecule has 2 aromatic carbocycles. The molecule has 1 aliphatic rings. The molecule has 0 bridgehead atoms. The van der Waals surface area contributed by atoms with Crippen molar-refractivity contribution in [3.05, 3.63) is 78.6 Å². The molecule has 37 heavy (non-hydrogen) atoms. The van der Waals surface area contributed by atoms with Crippen molar-refractivity contribution in [1.29, 1.82) is 0 Å². The van der Waals surface area contributed by atoms with Crippen LogP contribution in [0.3, 0.4) is 0 Å². The van der Waals surface area contributed by atoms with Crippen molar-refractivity contribution < 1.29 is 4.79 Å². The highest BCUT2D eigenvalue weighted by Crippen LogP contribution is 2.25. The van der Waals surface area contributed by atoms with Crippen LogP contribution in [-0.4, -0.2) is 70.3 Å². The van der Waals surface area contributed by atoms with Crippen LogP contribution in [0.1, 0.15) is 5.56 Å². The first-order chi connectivity index (χ1) is 18.0. The summed E-state index contributed by atoms with van der Waals surface area (Å²) in [7, 11) is 3.86. The smallest absolute Gasteiger partial charge is 0.239 e. The highest BCUT2D eigenvalue weighted by molar-refractivity contribution is 5.92. The van der Waals surface area contributed by atoms with Gasteiger partial charge in [0.2, 0.25) is 5.91 Å². The normalized spacial score (nSPS) is 14.0. The number of piperazine rings is 1. The van der Waals surface area contributed by atoms with Crippen molar-refractivity contribution in [3.8, 4) is 11.3 Å². The molecular formula is C28H32N8O. The van der Waals surface area contributed by atoms with Gasteiger partial charge in [0, 0.05) is 63.7 Å². The summed E-state index contributed by atoms with van der Waals surface area (Å²) in [5, 5.41) is 7.54. The molecule has 1 fully saturated rings. The van der Waals surface area contributed by atoms with E-state index >= 15 is 0 Å². The van der Waals surface area contributed by atoms with Crippen LogP contribution >= 0.6 is 0 Å². The molecule has 9 nitrogen and oxygen atoms in total. The van der Waals surface area contributed by atoms with E-state index in [0.29, 0.717) is 12.4 Å². The number of hydrogen-bond acceptors (Lipinski definition) is 7. The SMILES string of the molecule is Cc1cccc(N(C)c2cc(N3CCN(CC(=O)Nc4cc(-c5ccccc5)nn4C)CC3)ncn2)c1. The van der Waals surface area contributed by atoms with E-state index in [0.717, 1.165) is 54.8 Å². The number of aromatic nitrogens is 4. The topological polar surface area (TPSA) is 82.4 Å². The van der Waals surface area contributed by atoms with E-state index in [2.05, 4.69) is 66.3 Å². The van der Waals surface area contributed by atoms with Crippen LogP contribution in [0.2, 0.25) is 0 Å². The van der Waals surface area contributed by atoms with Gasteiger partial charge in [0.1, 0.15) is 23.8 Å². The minimum absolute atomic E-state index is 0.0415. The van der Waals surface area contributed by atoms with Gasteiger partial charge in [-0.1, -0.05) is 42.5 Å².